The third kappa shape index (κ3) is 9.51. The fourth-order valence-electron chi connectivity index (χ4n) is 3.78. The zero-order chi connectivity index (χ0) is 33.3. The molecule has 0 aliphatic carbocycles. The third-order valence-corrected chi connectivity index (χ3v) is 6.21. The van der Waals surface area contributed by atoms with Crippen LogP contribution in [-0.4, -0.2) is 82.0 Å². The molecule has 0 aliphatic heterocycles. The first kappa shape index (κ1) is 34.0. The first-order valence-corrected chi connectivity index (χ1v) is 13.2. The number of carbonyl (C=O) groups is 3. The molecule has 0 saturated carbocycles. The number of hydrogen-bond donors (Lipinski definition) is 9. The molecule has 9 N–H and O–H groups in total. The second kappa shape index (κ2) is 14.8. The van der Waals surface area contributed by atoms with Gasteiger partial charge >= 0.3 is 5.97 Å². The SMILES string of the molecule is O=C(C=Cc1ccc(O)c(OC(=O)C(=Cc2ccc(O)c(O)c2)C(O)CCO)c1)CC(O)(O)C(=O)C=Cc1ccc(O)c(O)c1. The lowest BCUT2D eigenvalue weighted by Gasteiger charge is -2.16. The van der Waals surface area contributed by atoms with E-state index in [0.29, 0.717) is 0 Å². The summed E-state index contributed by atoms with van der Waals surface area (Å²) >= 11 is 0. The molecule has 0 spiro atoms. The lowest BCUT2D eigenvalue weighted by atomic mass is 10.0. The standard InChI is InChI=1S/C32H30O13/c33-12-11-23(35)22(13-20-4-8-25(37)28(40)15-20)31(42)45-29-16-19(3-9-26(29)38)1-6-21(34)17-32(43,44)30(41)10-5-18-2-7-24(36)27(39)14-18/h1-10,13-16,23,33,35-40,43-44H,11-12,17H2. The van der Waals surface area contributed by atoms with Crippen LogP contribution in [0.5, 0.6) is 34.5 Å². The summed E-state index contributed by atoms with van der Waals surface area (Å²) in [5.41, 5.74) is 0.308. The molecule has 13 heteroatoms. The first-order valence-electron chi connectivity index (χ1n) is 13.2. The Morgan fingerprint density at radius 3 is 1.87 bits per heavy atom. The van der Waals surface area contributed by atoms with Gasteiger partial charge in [0.2, 0.25) is 11.6 Å². The van der Waals surface area contributed by atoms with E-state index in [9.17, 15) is 60.3 Å². The molecule has 0 aromatic heterocycles. The number of phenolic OH excluding ortho intramolecular Hbond substituents is 5. The summed E-state index contributed by atoms with van der Waals surface area (Å²) in [6.45, 7) is -0.486. The van der Waals surface area contributed by atoms with E-state index in [4.69, 9.17) is 4.74 Å². The zero-order valence-electron chi connectivity index (χ0n) is 23.4. The Morgan fingerprint density at radius 2 is 1.27 bits per heavy atom. The Bertz CT molecular complexity index is 1670. The molecule has 1 unspecified atom stereocenters. The molecule has 0 heterocycles. The highest BCUT2D eigenvalue weighted by Crippen LogP contribution is 2.30. The summed E-state index contributed by atoms with van der Waals surface area (Å²) in [4.78, 5) is 37.6. The summed E-state index contributed by atoms with van der Waals surface area (Å²) in [7, 11) is 0. The number of esters is 1. The number of benzene rings is 3. The van der Waals surface area contributed by atoms with Crippen LogP contribution < -0.4 is 4.74 Å². The molecule has 3 aromatic carbocycles. The molecule has 3 aromatic rings. The lowest BCUT2D eigenvalue weighted by molar-refractivity contribution is -0.180. The predicted octanol–water partition coefficient (Wildman–Crippen LogP) is 1.88. The minimum absolute atomic E-state index is 0.200. The largest absolute Gasteiger partial charge is 0.504 e. The maximum atomic E-state index is 13.0. The van der Waals surface area contributed by atoms with Gasteiger partial charge in [-0.2, -0.15) is 0 Å². The summed E-state index contributed by atoms with van der Waals surface area (Å²) in [5.74, 6) is -8.94. The molecular formula is C32H30O13. The molecule has 3 rings (SSSR count). The molecule has 0 fully saturated rings. The van der Waals surface area contributed by atoms with Crippen molar-refractivity contribution >= 4 is 35.8 Å². The smallest absolute Gasteiger partial charge is 0.342 e. The van der Waals surface area contributed by atoms with Gasteiger partial charge in [-0.15, -0.1) is 0 Å². The summed E-state index contributed by atoms with van der Waals surface area (Å²) < 4.78 is 5.25. The Balaban J connectivity index is 1.73. The molecule has 0 saturated heterocycles. The van der Waals surface area contributed by atoms with Gasteiger partial charge in [-0.05, 0) is 71.3 Å². The van der Waals surface area contributed by atoms with Crippen molar-refractivity contribution in [2.75, 3.05) is 6.61 Å². The maximum absolute atomic E-state index is 13.0. The fraction of sp³-hybridized carbons (Fsp3) is 0.156. The van der Waals surface area contributed by atoms with Crippen molar-refractivity contribution in [1.29, 1.82) is 0 Å². The fourth-order valence-corrected chi connectivity index (χ4v) is 3.78. The van der Waals surface area contributed by atoms with E-state index in [1.165, 1.54) is 24.3 Å². The minimum atomic E-state index is -3.07. The highest BCUT2D eigenvalue weighted by atomic mass is 16.5. The number of carbonyl (C=O) groups excluding carboxylic acids is 3. The average molecular weight is 623 g/mol. The number of phenols is 5. The van der Waals surface area contributed by atoms with Crippen LogP contribution in [0.1, 0.15) is 29.5 Å². The van der Waals surface area contributed by atoms with Gasteiger partial charge in [0.05, 0.1) is 18.1 Å². The summed E-state index contributed by atoms with van der Waals surface area (Å²) in [6, 6.07) is 10.9. The summed E-state index contributed by atoms with van der Waals surface area (Å²) in [5, 5.41) is 88.2. The molecule has 0 amide bonds. The minimum Gasteiger partial charge on any atom is -0.504 e. The number of ketones is 2. The van der Waals surface area contributed by atoms with Crippen molar-refractivity contribution in [2.24, 2.45) is 0 Å². The first-order chi connectivity index (χ1) is 21.2. The van der Waals surface area contributed by atoms with Crippen molar-refractivity contribution < 1.29 is 65.1 Å². The van der Waals surface area contributed by atoms with Gasteiger partial charge in [-0.1, -0.05) is 30.4 Å². The van der Waals surface area contributed by atoms with E-state index < -0.39 is 65.5 Å². The number of hydrogen-bond acceptors (Lipinski definition) is 13. The van der Waals surface area contributed by atoms with Gasteiger partial charge in [0.15, 0.2) is 40.3 Å². The van der Waals surface area contributed by atoms with Gasteiger partial charge in [-0.3, -0.25) is 9.59 Å². The normalized spacial score (nSPS) is 12.8. The van der Waals surface area contributed by atoms with Gasteiger partial charge in [0.1, 0.15) is 0 Å². The van der Waals surface area contributed by atoms with Crippen molar-refractivity contribution in [3.05, 3.63) is 89.0 Å². The molecule has 13 nitrogen and oxygen atoms in total. The van der Waals surface area contributed by atoms with Crippen LogP contribution in [0.25, 0.3) is 18.2 Å². The Morgan fingerprint density at radius 1 is 0.733 bits per heavy atom. The van der Waals surface area contributed by atoms with Crippen molar-refractivity contribution in [2.45, 2.75) is 24.7 Å². The Hall–Kier alpha value is -5.47. The van der Waals surface area contributed by atoms with E-state index in [0.717, 1.165) is 60.7 Å². The maximum Gasteiger partial charge on any atom is 0.342 e. The number of aliphatic hydroxyl groups is 4. The lowest BCUT2D eigenvalue weighted by Crippen LogP contribution is -2.39. The van der Waals surface area contributed by atoms with Gasteiger partial charge in [0.25, 0.3) is 0 Å². The van der Waals surface area contributed by atoms with E-state index >= 15 is 0 Å². The number of aliphatic hydroxyl groups excluding tert-OH is 2. The van der Waals surface area contributed by atoms with Crippen LogP contribution in [0, 0.1) is 0 Å². The molecule has 45 heavy (non-hydrogen) atoms. The van der Waals surface area contributed by atoms with Crippen LogP contribution in [0.3, 0.4) is 0 Å². The number of aromatic hydroxyl groups is 5. The highest BCUT2D eigenvalue weighted by molar-refractivity contribution is 6.04. The van der Waals surface area contributed by atoms with Crippen molar-refractivity contribution in [3.63, 3.8) is 0 Å². The van der Waals surface area contributed by atoms with Crippen LogP contribution in [0.15, 0.2) is 72.3 Å². The third-order valence-electron chi connectivity index (χ3n) is 6.21. The van der Waals surface area contributed by atoms with Crippen LogP contribution >= 0.6 is 0 Å². The van der Waals surface area contributed by atoms with Gasteiger partial charge in [0, 0.05) is 13.0 Å². The molecule has 0 aliphatic rings. The molecule has 236 valence electrons. The molecule has 1 atom stereocenters. The van der Waals surface area contributed by atoms with Crippen molar-refractivity contribution in [1.82, 2.24) is 0 Å². The number of rotatable bonds is 13. The molecular weight excluding hydrogens is 592 g/mol. The second-order valence-electron chi connectivity index (χ2n) is 9.73. The van der Waals surface area contributed by atoms with Gasteiger partial charge < -0.3 is 50.7 Å². The topological polar surface area (TPSA) is 243 Å². The van der Waals surface area contributed by atoms with Crippen LogP contribution in [0.2, 0.25) is 0 Å². The van der Waals surface area contributed by atoms with E-state index in [-0.39, 0.29) is 40.2 Å². The zero-order valence-corrected chi connectivity index (χ0v) is 23.4. The van der Waals surface area contributed by atoms with E-state index in [1.54, 1.807) is 0 Å². The highest BCUT2D eigenvalue weighted by Gasteiger charge is 2.33. The Labute approximate surface area is 255 Å². The Kier molecular flexibility index (Phi) is 11.2. The summed E-state index contributed by atoms with van der Waals surface area (Å²) in [6.07, 6.45) is 2.39. The quantitative estimate of drug-likeness (QED) is 0.0435. The van der Waals surface area contributed by atoms with E-state index in [2.05, 4.69) is 0 Å². The van der Waals surface area contributed by atoms with Crippen LogP contribution in [-0.2, 0) is 14.4 Å². The molecule has 0 radical (unpaired) electrons. The van der Waals surface area contributed by atoms with Crippen LogP contribution in [0.4, 0.5) is 0 Å². The molecule has 0 bridgehead atoms. The second-order valence-corrected chi connectivity index (χ2v) is 9.73. The average Bonchev–Trinajstić information content (AvgIpc) is 2.98. The number of allylic oxidation sites excluding steroid dienone is 1. The number of ether oxygens (including phenoxy) is 1. The van der Waals surface area contributed by atoms with Gasteiger partial charge in [-0.25, -0.2) is 4.79 Å². The monoisotopic (exact) mass is 622 g/mol. The predicted molar refractivity (Wildman–Crippen MR) is 159 cm³/mol. The van der Waals surface area contributed by atoms with Crippen molar-refractivity contribution in [3.8, 4) is 34.5 Å². The van der Waals surface area contributed by atoms with E-state index in [1.807, 2.05) is 0 Å².